The Morgan fingerprint density at radius 1 is 1.22 bits per heavy atom. The fourth-order valence-corrected chi connectivity index (χ4v) is 1.96. The number of benzene rings is 1. The number of halogens is 1. The average Bonchev–Trinajstić information content (AvgIpc) is 2.80. The molecule has 0 bridgehead atoms. The van der Waals surface area contributed by atoms with E-state index < -0.39 is 0 Å². The fraction of sp³-hybridized carbons (Fsp3) is 0. The van der Waals surface area contributed by atoms with Gasteiger partial charge in [0.15, 0.2) is 0 Å². The predicted octanol–water partition coefficient (Wildman–Crippen LogP) is 2.05. The largest absolute Gasteiger partial charge is 0.493 e. The molecular formula is C12H8ClN3O2. The minimum Gasteiger partial charge on any atom is -0.493 e. The molecule has 0 fully saturated rings. The minimum absolute atomic E-state index is 0.169. The molecule has 6 heteroatoms. The minimum atomic E-state index is -0.372. The number of nitrogens with zero attached hydrogens (tertiary/aromatic N) is 2. The number of aromatic amines is 1. The van der Waals surface area contributed by atoms with Crippen molar-refractivity contribution in [2.45, 2.75) is 0 Å². The lowest BCUT2D eigenvalue weighted by atomic mass is 10.1. The van der Waals surface area contributed by atoms with Gasteiger partial charge < -0.3 is 10.1 Å². The summed E-state index contributed by atoms with van der Waals surface area (Å²) in [6.45, 7) is 0. The second-order valence-corrected chi connectivity index (χ2v) is 4.22. The van der Waals surface area contributed by atoms with Gasteiger partial charge in [0.1, 0.15) is 11.2 Å². The van der Waals surface area contributed by atoms with Crippen molar-refractivity contribution in [1.82, 2.24) is 14.6 Å². The fourth-order valence-electron chi connectivity index (χ4n) is 1.83. The topological polar surface area (TPSA) is 70.4 Å². The number of fused-ring (bicyclic) bond motifs is 1. The van der Waals surface area contributed by atoms with Gasteiger partial charge in [-0.3, -0.25) is 4.79 Å². The molecule has 3 aromatic rings. The molecule has 0 saturated carbocycles. The Balaban J connectivity index is 2.34. The highest BCUT2D eigenvalue weighted by Crippen LogP contribution is 2.26. The van der Waals surface area contributed by atoms with Gasteiger partial charge in [-0.2, -0.15) is 9.61 Å². The van der Waals surface area contributed by atoms with E-state index in [4.69, 9.17) is 11.6 Å². The first-order valence-corrected chi connectivity index (χ1v) is 5.59. The summed E-state index contributed by atoms with van der Waals surface area (Å²) >= 11 is 5.79. The molecule has 2 heterocycles. The van der Waals surface area contributed by atoms with Crippen molar-refractivity contribution >= 4 is 17.2 Å². The van der Waals surface area contributed by atoms with Gasteiger partial charge in [0, 0.05) is 11.1 Å². The van der Waals surface area contributed by atoms with E-state index in [0.717, 1.165) is 0 Å². The quantitative estimate of drug-likeness (QED) is 0.704. The second-order valence-electron chi connectivity index (χ2n) is 3.79. The first-order valence-electron chi connectivity index (χ1n) is 5.22. The normalized spacial score (nSPS) is 10.9. The molecule has 0 radical (unpaired) electrons. The first-order chi connectivity index (χ1) is 8.66. The van der Waals surface area contributed by atoms with Gasteiger partial charge in [0.05, 0.1) is 6.20 Å². The van der Waals surface area contributed by atoms with Gasteiger partial charge >= 0.3 is 0 Å². The molecule has 90 valence electrons. The van der Waals surface area contributed by atoms with Gasteiger partial charge in [-0.25, -0.2) is 0 Å². The molecule has 2 N–H and O–H groups in total. The van der Waals surface area contributed by atoms with E-state index in [1.54, 1.807) is 30.3 Å². The van der Waals surface area contributed by atoms with Crippen LogP contribution in [0.4, 0.5) is 0 Å². The van der Waals surface area contributed by atoms with Crippen LogP contribution in [0.2, 0.25) is 5.02 Å². The maximum absolute atomic E-state index is 11.9. The van der Waals surface area contributed by atoms with Crippen LogP contribution in [0, 0.1) is 0 Å². The summed E-state index contributed by atoms with van der Waals surface area (Å²) in [5, 5.41) is 14.6. The Morgan fingerprint density at radius 3 is 2.67 bits per heavy atom. The molecule has 0 aliphatic rings. The van der Waals surface area contributed by atoms with E-state index in [9.17, 15) is 9.90 Å². The molecule has 0 amide bonds. The number of H-pyrrole nitrogens is 1. The summed E-state index contributed by atoms with van der Waals surface area (Å²) in [6.07, 6.45) is 1.50. The Hall–Kier alpha value is -2.27. The van der Waals surface area contributed by atoms with Crippen molar-refractivity contribution in [3.8, 4) is 17.0 Å². The molecule has 0 aliphatic carbocycles. The Morgan fingerprint density at radius 2 is 1.94 bits per heavy atom. The zero-order valence-electron chi connectivity index (χ0n) is 9.09. The Kier molecular flexibility index (Phi) is 2.34. The summed E-state index contributed by atoms with van der Waals surface area (Å²) in [4.78, 5) is 14.6. The average molecular weight is 262 g/mol. The van der Waals surface area contributed by atoms with Crippen molar-refractivity contribution in [2.75, 3.05) is 0 Å². The summed E-state index contributed by atoms with van der Waals surface area (Å²) < 4.78 is 1.27. The number of hydrogen-bond donors (Lipinski definition) is 2. The summed E-state index contributed by atoms with van der Waals surface area (Å²) in [6, 6.07) is 8.25. The zero-order chi connectivity index (χ0) is 12.7. The summed E-state index contributed by atoms with van der Waals surface area (Å²) in [5.74, 6) is -0.193. The highest BCUT2D eigenvalue weighted by molar-refractivity contribution is 6.30. The van der Waals surface area contributed by atoms with Gasteiger partial charge in [0.2, 0.25) is 5.88 Å². The van der Waals surface area contributed by atoms with Crippen molar-refractivity contribution in [2.24, 2.45) is 0 Å². The SMILES string of the molecule is O=c1[nH]c2ccnn2c(O)c1-c1ccc(Cl)cc1. The van der Waals surface area contributed by atoms with E-state index >= 15 is 0 Å². The van der Waals surface area contributed by atoms with Crippen LogP contribution in [0.3, 0.4) is 0 Å². The number of hydrogen-bond acceptors (Lipinski definition) is 3. The third-order valence-corrected chi connectivity index (χ3v) is 2.92. The number of nitrogens with one attached hydrogen (secondary N) is 1. The van der Waals surface area contributed by atoms with E-state index in [0.29, 0.717) is 16.2 Å². The highest BCUT2D eigenvalue weighted by atomic mass is 35.5. The van der Waals surface area contributed by atoms with Gasteiger partial charge in [0.25, 0.3) is 5.56 Å². The van der Waals surface area contributed by atoms with Crippen LogP contribution in [0.5, 0.6) is 5.88 Å². The van der Waals surface area contributed by atoms with Crippen LogP contribution >= 0.6 is 11.6 Å². The first kappa shape index (κ1) is 10.9. The third-order valence-electron chi connectivity index (χ3n) is 2.67. The van der Waals surface area contributed by atoms with Gasteiger partial charge in [-0.15, -0.1) is 0 Å². The molecule has 0 atom stereocenters. The molecule has 1 aromatic carbocycles. The van der Waals surface area contributed by atoms with E-state index in [-0.39, 0.29) is 17.0 Å². The molecule has 0 unspecified atom stereocenters. The Labute approximate surface area is 106 Å². The number of aromatic hydroxyl groups is 1. The maximum Gasteiger partial charge on any atom is 0.262 e. The molecule has 18 heavy (non-hydrogen) atoms. The molecular weight excluding hydrogens is 254 g/mol. The molecule has 0 spiro atoms. The molecule has 2 aromatic heterocycles. The van der Waals surface area contributed by atoms with E-state index in [1.165, 1.54) is 10.7 Å². The van der Waals surface area contributed by atoms with Crippen molar-refractivity contribution in [1.29, 1.82) is 0 Å². The van der Waals surface area contributed by atoms with E-state index in [1.807, 2.05) is 0 Å². The highest BCUT2D eigenvalue weighted by Gasteiger charge is 2.14. The maximum atomic E-state index is 11.9. The third kappa shape index (κ3) is 1.56. The molecule has 0 saturated heterocycles. The number of aromatic nitrogens is 3. The summed E-state index contributed by atoms with van der Waals surface area (Å²) in [7, 11) is 0. The van der Waals surface area contributed by atoms with Gasteiger partial charge in [-0.1, -0.05) is 23.7 Å². The van der Waals surface area contributed by atoms with Gasteiger partial charge in [-0.05, 0) is 17.7 Å². The van der Waals surface area contributed by atoms with Crippen LogP contribution in [0.1, 0.15) is 0 Å². The van der Waals surface area contributed by atoms with Crippen LogP contribution < -0.4 is 5.56 Å². The molecule has 5 nitrogen and oxygen atoms in total. The summed E-state index contributed by atoms with van der Waals surface area (Å²) in [5.41, 5.74) is 0.816. The van der Waals surface area contributed by atoms with Crippen molar-refractivity contribution < 1.29 is 5.11 Å². The predicted molar refractivity (Wildman–Crippen MR) is 67.9 cm³/mol. The van der Waals surface area contributed by atoms with E-state index in [2.05, 4.69) is 10.1 Å². The van der Waals surface area contributed by atoms with Crippen LogP contribution in [-0.4, -0.2) is 19.7 Å². The van der Waals surface area contributed by atoms with Crippen LogP contribution in [-0.2, 0) is 0 Å². The standard InChI is InChI=1S/C12H8ClN3O2/c13-8-3-1-7(2-4-8)10-11(17)15-9-5-6-14-16(9)12(10)18/h1-6,18H,(H,15,17). The Bertz CT molecular complexity index is 774. The van der Waals surface area contributed by atoms with Crippen LogP contribution in [0.25, 0.3) is 16.8 Å². The zero-order valence-corrected chi connectivity index (χ0v) is 9.85. The lowest BCUT2D eigenvalue weighted by Crippen LogP contribution is -2.12. The smallest absolute Gasteiger partial charge is 0.262 e. The lowest BCUT2D eigenvalue weighted by molar-refractivity contribution is 0.437. The van der Waals surface area contributed by atoms with Crippen LogP contribution in [0.15, 0.2) is 41.3 Å². The lowest BCUT2D eigenvalue weighted by Gasteiger charge is -2.05. The number of rotatable bonds is 1. The van der Waals surface area contributed by atoms with Crippen molar-refractivity contribution in [3.05, 3.63) is 51.9 Å². The monoisotopic (exact) mass is 261 g/mol. The molecule has 0 aliphatic heterocycles. The molecule has 3 rings (SSSR count). The second kappa shape index (κ2) is 3.89. The van der Waals surface area contributed by atoms with Crippen molar-refractivity contribution in [3.63, 3.8) is 0 Å².